The zero-order valence-electron chi connectivity index (χ0n) is 8.44. The quantitative estimate of drug-likeness (QED) is 0.729. The fraction of sp³-hybridized carbons (Fsp3) is 0.400. The normalized spacial score (nSPS) is 10.3. The fourth-order valence-electron chi connectivity index (χ4n) is 1.14. The van der Waals surface area contributed by atoms with Gasteiger partial charge in [-0.05, 0) is 12.0 Å². The first-order valence-corrected chi connectivity index (χ1v) is 4.33. The molecule has 4 heteroatoms. The highest BCUT2D eigenvalue weighted by atomic mass is 16.5. The van der Waals surface area contributed by atoms with Crippen molar-refractivity contribution in [3.63, 3.8) is 0 Å². The second kappa shape index (κ2) is 4.09. The van der Waals surface area contributed by atoms with Crippen molar-refractivity contribution < 1.29 is 14.6 Å². The van der Waals surface area contributed by atoms with Gasteiger partial charge < -0.3 is 9.84 Å². The topological polar surface area (TPSA) is 59.4 Å². The highest BCUT2D eigenvalue weighted by Crippen LogP contribution is 2.23. The Kier molecular flexibility index (Phi) is 3.06. The van der Waals surface area contributed by atoms with E-state index >= 15 is 0 Å². The van der Waals surface area contributed by atoms with Gasteiger partial charge in [0.25, 0.3) is 0 Å². The van der Waals surface area contributed by atoms with E-state index in [0.29, 0.717) is 5.69 Å². The average molecular weight is 195 g/mol. The van der Waals surface area contributed by atoms with Crippen LogP contribution in [0.2, 0.25) is 0 Å². The van der Waals surface area contributed by atoms with Gasteiger partial charge in [-0.1, -0.05) is 13.8 Å². The molecule has 0 amide bonds. The minimum atomic E-state index is -0.497. The van der Waals surface area contributed by atoms with E-state index in [9.17, 15) is 9.90 Å². The lowest BCUT2D eigenvalue weighted by molar-refractivity contribution is 0.0599. The van der Waals surface area contributed by atoms with Crippen LogP contribution in [0.1, 0.15) is 35.8 Å². The first kappa shape index (κ1) is 10.5. The van der Waals surface area contributed by atoms with Crippen molar-refractivity contribution in [2.45, 2.75) is 19.8 Å². The second-order valence-corrected chi connectivity index (χ2v) is 3.27. The molecule has 0 unspecified atom stereocenters. The van der Waals surface area contributed by atoms with Gasteiger partial charge in [0, 0.05) is 6.20 Å². The fourth-order valence-corrected chi connectivity index (χ4v) is 1.14. The summed E-state index contributed by atoms with van der Waals surface area (Å²) in [4.78, 5) is 15.1. The number of nitrogens with zero attached hydrogens (tertiary/aromatic N) is 1. The summed E-state index contributed by atoms with van der Waals surface area (Å²) in [6.07, 6.45) is 1.40. The van der Waals surface area contributed by atoms with Gasteiger partial charge in [-0.15, -0.1) is 0 Å². The Morgan fingerprint density at radius 1 is 1.57 bits per heavy atom. The maximum Gasteiger partial charge on any atom is 0.339 e. The SMILES string of the molecule is COC(=O)c1cnc(C(C)C)c(O)c1. The Morgan fingerprint density at radius 3 is 2.64 bits per heavy atom. The molecule has 0 saturated carbocycles. The molecule has 1 heterocycles. The van der Waals surface area contributed by atoms with E-state index in [1.165, 1.54) is 19.4 Å². The highest BCUT2D eigenvalue weighted by Gasteiger charge is 2.12. The van der Waals surface area contributed by atoms with Gasteiger partial charge in [0.2, 0.25) is 0 Å². The van der Waals surface area contributed by atoms with Crippen molar-refractivity contribution in [1.82, 2.24) is 4.98 Å². The van der Waals surface area contributed by atoms with E-state index in [1.807, 2.05) is 13.8 Å². The van der Waals surface area contributed by atoms with Crippen LogP contribution in [-0.4, -0.2) is 23.2 Å². The molecule has 0 atom stereocenters. The van der Waals surface area contributed by atoms with Crippen LogP contribution in [-0.2, 0) is 4.74 Å². The number of carbonyl (C=O) groups excluding carboxylic acids is 1. The lowest BCUT2D eigenvalue weighted by Gasteiger charge is -2.07. The molecule has 0 aliphatic heterocycles. The molecule has 1 rings (SSSR count). The van der Waals surface area contributed by atoms with Gasteiger partial charge in [-0.2, -0.15) is 0 Å². The Balaban J connectivity index is 3.06. The number of hydrogen-bond donors (Lipinski definition) is 1. The molecule has 0 aromatic carbocycles. The molecular formula is C10H13NO3. The van der Waals surface area contributed by atoms with E-state index in [0.717, 1.165) is 0 Å². The maximum absolute atomic E-state index is 11.1. The lowest BCUT2D eigenvalue weighted by atomic mass is 10.1. The van der Waals surface area contributed by atoms with Crippen LogP contribution < -0.4 is 0 Å². The van der Waals surface area contributed by atoms with Crippen molar-refractivity contribution in [2.24, 2.45) is 0 Å². The molecule has 0 aliphatic carbocycles. The second-order valence-electron chi connectivity index (χ2n) is 3.27. The summed E-state index contributed by atoms with van der Waals surface area (Å²) >= 11 is 0. The van der Waals surface area contributed by atoms with Gasteiger partial charge in [-0.3, -0.25) is 4.98 Å². The third kappa shape index (κ3) is 2.02. The van der Waals surface area contributed by atoms with Crippen molar-refractivity contribution in [3.8, 4) is 5.75 Å². The number of hydrogen-bond acceptors (Lipinski definition) is 4. The van der Waals surface area contributed by atoms with Crippen molar-refractivity contribution in [3.05, 3.63) is 23.5 Å². The monoisotopic (exact) mass is 195 g/mol. The Hall–Kier alpha value is -1.58. The summed E-state index contributed by atoms with van der Waals surface area (Å²) in [5, 5.41) is 9.54. The first-order chi connectivity index (χ1) is 6.56. The summed E-state index contributed by atoms with van der Waals surface area (Å²) in [5.74, 6) is -0.340. The predicted molar refractivity (Wildman–Crippen MR) is 51.3 cm³/mol. The van der Waals surface area contributed by atoms with Gasteiger partial charge in [0.15, 0.2) is 0 Å². The molecule has 4 nitrogen and oxygen atoms in total. The van der Waals surface area contributed by atoms with Crippen LogP contribution in [0.3, 0.4) is 0 Å². The minimum absolute atomic E-state index is 0.0305. The van der Waals surface area contributed by atoms with Crippen LogP contribution in [0.25, 0.3) is 0 Å². The Labute approximate surface area is 82.5 Å². The third-order valence-corrected chi connectivity index (χ3v) is 1.87. The summed E-state index contributed by atoms with van der Waals surface area (Å²) in [7, 11) is 1.29. The smallest absolute Gasteiger partial charge is 0.339 e. The van der Waals surface area contributed by atoms with Crippen LogP contribution >= 0.6 is 0 Å². The van der Waals surface area contributed by atoms with E-state index in [2.05, 4.69) is 9.72 Å². The number of ether oxygens (including phenoxy) is 1. The molecule has 76 valence electrons. The van der Waals surface area contributed by atoms with Gasteiger partial charge >= 0.3 is 5.97 Å². The molecule has 14 heavy (non-hydrogen) atoms. The molecule has 0 radical (unpaired) electrons. The molecule has 1 N–H and O–H groups in total. The van der Waals surface area contributed by atoms with Crippen molar-refractivity contribution >= 4 is 5.97 Å². The molecule has 0 aliphatic rings. The molecule has 1 aromatic rings. The van der Waals surface area contributed by atoms with Gasteiger partial charge in [0.1, 0.15) is 5.75 Å². The lowest BCUT2D eigenvalue weighted by Crippen LogP contribution is -2.03. The largest absolute Gasteiger partial charge is 0.506 e. The Bertz CT molecular complexity index is 347. The zero-order valence-corrected chi connectivity index (χ0v) is 8.44. The van der Waals surface area contributed by atoms with Gasteiger partial charge in [0.05, 0.1) is 18.4 Å². The van der Waals surface area contributed by atoms with E-state index in [1.54, 1.807) is 0 Å². The molecule has 0 saturated heterocycles. The number of aromatic nitrogens is 1. The molecule has 1 aromatic heterocycles. The third-order valence-electron chi connectivity index (χ3n) is 1.87. The molecule has 0 fully saturated rings. The summed E-state index contributed by atoms with van der Waals surface area (Å²) in [6, 6.07) is 1.37. The number of pyridine rings is 1. The van der Waals surface area contributed by atoms with E-state index < -0.39 is 5.97 Å². The molecule has 0 bridgehead atoms. The first-order valence-electron chi connectivity index (χ1n) is 4.33. The maximum atomic E-state index is 11.1. The van der Waals surface area contributed by atoms with Gasteiger partial charge in [-0.25, -0.2) is 4.79 Å². The predicted octanol–water partition coefficient (Wildman–Crippen LogP) is 1.70. The standard InChI is InChI=1S/C10H13NO3/c1-6(2)9-8(12)4-7(5-11-9)10(13)14-3/h4-6,12H,1-3H3. The van der Waals surface area contributed by atoms with E-state index in [4.69, 9.17) is 0 Å². The number of rotatable bonds is 2. The number of esters is 1. The summed E-state index contributed by atoms with van der Waals surface area (Å²) in [5.41, 5.74) is 0.840. The molecule has 0 spiro atoms. The van der Waals surface area contributed by atoms with Crippen LogP contribution in [0.4, 0.5) is 0 Å². The van der Waals surface area contributed by atoms with Crippen molar-refractivity contribution in [2.75, 3.05) is 7.11 Å². The number of methoxy groups -OCH3 is 1. The van der Waals surface area contributed by atoms with Crippen molar-refractivity contribution in [1.29, 1.82) is 0 Å². The van der Waals surface area contributed by atoms with E-state index in [-0.39, 0.29) is 17.2 Å². The minimum Gasteiger partial charge on any atom is -0.506 e. The highest BCUT2D eigenvalue weighted by molar-refractivity contribution is 5.89. The Morgan fingerprint density at radius 2 is 2.21 bits per heavy atom. The average Bonchev–Trinajstić information content (AvgIpc) is 2.15. The van der Waals surface area contributed by atoms with Crippen LogP contribution in [0.15, 0.2) is 12.3 Å². The summed E-state index contributed by atoms with van der Waals surface area (Å²) < 4.78 is 4.50. The number of aromatic hydroxyl groups is 1. The molecular weight excluding hydrogens is 182 g/mol. The van der Waals surface area contributed by atoms with Crippen LogP contribution in [0, 0.1) is 0 Å². The zero-order chi connectivity index (χ0) is 10.7. The van der Waals surface area contributed by atoms with Crippen LogP contribution in [0.5, 0.6) is 5.75 Å². The number of carbonyl (C=O) groups is 1. The summed E-state index contributed by atoms with van der Waals surface area (Å²) in [6.45, 7) is 3.83.